The number of hydrogen-bond acceptors (Lipinski definition) is 2. The van der Waals surface area contributed by atoms with Crippen molar-refractivity contribution in [2.45, 2.75) is 6.54 Å². The van der Waals surface area contributed by atoms with Crippen molar-refractivity contribution in [2.75, 3.05) is 5.73 Å². The van der Waals surface area contributed by atoms with Gasteiger partial charge in [-0.1, -0.05) is 28.1 Å². The van der Waals surface area contributed by atoms with Crippen LogP contribution in [0.15, 0.2) is 46.9 Å². The number of rotatable bonds is 3. The standard InChI is InChI=1S/C14H12BrFN2O/c15-11-3-1-2-9(6-11)8-18-14(19)10-4-5-13(17)12(16)7-10/h1-7H,8,17H2,(H,18,19). The summed E-state index contributed by atoms with van der Waals surface area (Å²) >= 11 is 3.36. The molecular weight excluding hydrogens is 311 g/mol. The third-order valence-corrected chi connectivity index (χ3v) is 3.10. The Hall–Kier alpha value is -1.88. The van der Waals surface area contributed by atoms with E-state index in [1.807, 2.05) is 24.3 Å². The van der Waals surface area contributed by atoms with Crippen molar-refractivity contribution in [1.29, 1.82) is 0 Å². The lowest BCUT2D eigenvalue weighted by Crippen LogP contribution is -2.22. The second-order valence-electron chi connectivity index (χ2n) is 4.05. The molecule has 0 aromatic heterocycles. The molecule has 0 atom stereocenters. The highest BCUT2D eigenvalue weighted by atomic mass is 79.9. The summed E-state index contributed by atoms with van der Waals surface area (Å²) in [5.41, 5.74) is 6.60. The molecule has 0 spiro atoms. The van der Waals surface area contributed by atoms with Gasteiger partial charge >= 0.3 is 0 Å². The van der Waals surface area contributed by atoms with Crippen LogP contribution in [0.3, 0.4) is 0 Å². The SMILES string of the molecule is Nc1ccc(C(=O)NCc2cccc(Br)c2)cc1F. The first-order valence-corrected chi connectivity index (χ1v) is 6.43. The largest absolute Gasteiger partial charge is 0.396 e. The molecule has 2 aromatic rings. The normalized spacial score (nSPS) is 10.2. The number of halogens is 2. The molecule has 0 fully saturated rings. The first-order chi connectivity index (χ1) is 9.06. The lowest BCUT2D eigenvalue weighted by Gasteiger charge is -2.06. The zero-order valence-corrected chi connectivity index (χ0v) is 11.6. The molecule has 2 aromatic carbocycles. The maximum Gasteiger partial charge on any atom is 0.251 e. The van der Waals surface area contributed by atoms with E-state index in [0.717, 1.165) is 16.1 Å². The predicted octanol–water partition coefficient (Wildman–Crippen LogP) is 3.10. The minimum Gasteiger partial charge on any atom is -0.396 e. The minimum atomic E-state index is -0.588. The van der Waals surface area contributed by atoms with Gasteiger partial charge in [0.2, 0.25) is 0 Å². The molecule has 19 heavy (non-hydrogen) atoms. The quantitative estimate of drug-likeness (QED) is 0.853. The summed E-state index contributed by atoms with van der Waals surface area (Å²) in [6, 6.07) is 11.6. The first kappa shape index (κ1) is 13.5. The van der Waals surface area contributed by atoms with E-state index in [9.17, 15) is 9.18 Å². The van der Waals surface area contributed by atoms with E-state index >= 15 is 0 Å². The van der Waals surface area contributed by atoms with Crippen molar-refractivity contribution >= 4 is 27.5 Å². The maximum atomic E-state index is 13.2. The van der Waals surface area contributed by atoms with Gasteiger partial charge in [-0.3, -0.25) is 4.79 Å². The molecule has 3 N–H and O–H groups in total. The van der Waals surface area contributed by atoms with Crippen molar-refractivity contribution in [2.24, 2.45) is 0 Å². The zero-order valence-electron chi connectivity index (χ0n) is 9.99. The Balaban J connectivity index is 2.03. The molecule has 0 unspecified atom stereocenters. The lowest BCUT2D eigenvalue weighted by atomic mass is 10.1. The van der Waals surface area contributed by atoms with Gasteiger partial charge < -0.3 is 11.1 Å². The van der Waals surface area contributed by atoms with E-state index in [-0.39, 0.29) is 17.2 Å². The average Bonchev–Trinajstić information content (AvgIpc) is 2.39. The molecule has 0 saturated heterocycles. The van der Waals surface area contributed by atoms with Crippen LogP contribution in [-0.2, 0) is 6.54 Å². The van der Waals surface area contributed by atoms with Gasteiger partial charge in [-0.05, 0) is 35.9 Å². The summed E-state index contributed by atoms with van der Waals surface area (Å²) < 4.78 is 14.2. The Morgan fingerprint density at radius 3 is 2.74 bits per heavy atom. The molecule has 5 heteroatoms. The topological polar surface area (TPSA) is 55.1 Å². The summed E-state index contributed by atoms with van der Waals surface area (Å²) in [6.45, 7) is 0.379. The van der Waals surface area contributed by atoms with Crippen LogP contribution in [0.1, 0.15) is 15.9 Å². The highest BCUT2D eigenvalue weighted by Gasteiger charge is 2.08. The zero-order chi connectivity index (χ0) is 13.8. The van der Waals surface area contributed by atoms with Crippen LogP contribution in [0, 0.1) is 5.82 Å². The molecule has 3 nitrogen and oxygen atoms in total. The number of anilines is 1. The van der Waals surface area contributed by atoms with Gasteiger partial charge in [0, 0.05) is 16.6 Å². The van der Waals surface area contributed by atoms with Crippen LogP contribution < -0.4 is 11.1 Å². The van der Waals surface area contributed by atoms with E-state index in [4.69, 9.17) is 5.73 Å². The smallest absolute Gasteiger partial charge is 0.251 e. The third kappa shape index (κ3) is 3.54. The third-order valence-electron chi connectivity index (χ3n) is 2.60. The number of hydrogen-bond donors (Lipinski definition) is 2. The summed E-state index contributed by atoms with van der Waals surface area (Å²) in [6.07, 6.45) is 0. The van der Waals surface area contributed by atoms with Gasteiger partial charge in [-0.25, -0.2) is 4.39 Å². The number of nitrogens with one attached hydrogen (secondary N) is 1. The fourth-order valence-corrected chi connectivity index (χ4v) is 2.05. The van der Waals surface area contributed by atoms with Crippen LogP contribution in [-0.4, -0.2) is 5.91 Å². The highest BCUT2D eigenvalue weighted by molar-refractivity contribution is 9.10. The van der Waals surface area contributed by atoms with Gasteiger partial charge in [-0.15, -0.1) is 0 Å². The molecule has 0 bridgehead atoms. The van der Waals surface area contributed by atoms with E-state index in [0.29, 0.717) is 6.54 Å². The van der Waals surface area contributed by atoms with Crippen LogP contribution in [0.25, 0.3) is 0 Å². The molecule has 98 valence electrons. The van der Waals surface area contributed by atoms with Crippen molar-refractivity contribution in [3.05, 3.63) is 63.9 Å². The molecule has 0 aliphatic heterocycles. The van der Waals surface area contributed by atoms with Gasteiger partial charge in [-0.2, -0.15) is 0 Å². The second-order valence-corrected chi connectivity index (χ2v) is 4.96. The van der Waals surface area contributed by atoms with E-state index in [1.165, 1.54) is 12.1 Å². The molecule has 0 radical (unpaired) electrons. The molecule has 0 aliphatic rings. The fourth-order valence-electron chi connectivity index (χ4n) is 1.60. The Morgan fingerprint density at radius 2 is 2.05 bits per heavy atom. The van der Waals surface area contributed by atoms with Crippen molar-refractivity contribution in [3.8, 4) is 0 Å². The van der Waals surface area contributed by atoms with E-state index in [1.54, 1.807) is 0 Å². The fraction of sp³-hybridized carbons (Fsp3) is 0.0714. The summed E-state index contributed by atoms with van der Waals surface area (Å²) in [7, 11) is 0. The van der Waals surface area contributed by atoms with Gasteiger partial charge in [0.25, 0.3) is 5.91 Å². The Kier molecular flexibility index (Phi) is 4.16. The van der Waals surface area contributed by atoms with Crippen LogP contribution in [0.2, 0.25) is 0 Å². The van der Waals surface area contributed by atoms with Gasteiger partial charge in [0.15, 0.2) is 0 Å². The van der Waals surface area contributed by atoms with E-state index in [2.05, 4.69) is 21.2 Å². The van der Waals surface area contributed by atoms with Gasteiger partial charge in [0.1, 0.15) is 5.82 Å². The molecule has 1 amide bonds. The number of nitrogen functional groups attached to an aromatic ring is 1. The predicted molar refractivity (Wildman–Crippen MR) is 76.1 cm³/mol. The van der Waals surface area contributed by atoms with Crippen LogP contribution in [0.5, 0.6) is 0 Å². The number of carbonyl (C=O) groups is 1. The van der Waals surface area contributed by atoms with Crippen molar-refractivity contribution in [3.63, 3.8) is 0 Å². The average molecular weight is 323 g/mol. The first-order valence-electron chi connectivity index (χ1n) is 5.64. The summed E-state index contributed by atoms with van der Waals surface area (Å²) in [4.78, 5) is 11.8. The lowest BCUT2D eigenvalue weighted by molar-refractivity contribution is 0.0950. The molecular formula is C14H12BrFN2O. The molecule has 0 saturated carbocycles. The Morgan fingerprint density at radius 1 is 1.26 bits per heavy atom. The molecule has 2 rings (SSSR count). The van der Waals surface area contributed by atoms with Gasteiger partial charge in [0.05, 0.1) is 5.69 Å². The Labute approximate surface area is 118 Å². The molecule has 0 aliphatic carbocycles. The Bertz CT molecular complexity index is 616. The maximum absolute atomic E-state index is 13.2. The molecule has 0 heterocycles. The summed E-state index contributed by atoms with van der Waals surface area (Å²) in [5.74, 6) is -0.922. The minimum absolute atomic E-state index is 0.0311. The number of amides is 1. The second kappa shape index (κ2) is 5.84. The van der Waals surface area contributed by atoms with Crippen LogP contribution >= 0.6 is 15.9 Å². The number of benzene rings is 2. The van der Waals surface area contributed by atoms with Crippen molar-refractivity contribution in [1.82, 2.24) is 5.32 Å². The van der Waals surface area contributed by atoms with Crippen LogP contribution in [0.4, 0.5) is 10.1 Å². The highest BCUT2D eigenvalue weighted by Crippen LogP contribution is 2.13. The van der Waals surface area contributed by atoms with Crippen molar-refractivity contribution < 1.29 is 9.18 Å². The van der Waals surface area contributed by atoms with E-state index < -0.39 is 5.82 Å². The summed E-state index contributed by atoms with van der Waals surface area (Å²) in [5, 5.41) is 2.72. The monoisotopic (exact) mass is 322 g/mol. The number of carbonyl (C=O) groups excluding carboxylic acids is 1. The number of nitrogens with two attached hydrogens (primary N) is 1.